The summed E-state index contributed by atoms with van der Waals surface area (Å²) in [6.45, 7) is 1.97. The molecule has 1 N–H and O–H groups in total. The molecular formula is C20H15NO3. The lowest BCUT2D eigenvalue weighted by atomic mass is 9.83. The predicted octanol–water partition coefficient (Wildman–Crippen LogP) is 2.61. The van der Waals surface area contributed by atoms with Crippen LogP contribution >= 0.6 is 0 Å². The number of rotatable bonds is 2. The Labute approximate surface area is 139 Å². The normalized spacial score (nSPS) is 11.9. The summed E-state index contributed by atoms with van der Waals surface area (Å²) in [7, 11) is 0. The number of carbonyl (C=O) groups is 3. The monoisotopic (exact) mass is 317 g/mol. The molecule has 1 aliphatic carbocycles. The minimum Gasteiger partial charge on any atom is -0.355 e. The molecule has 0 aliphatic heterocycles. The predicted molar refractivity (Wildman–Crippen MR) is 90.7 cm³/mol. The number of nitrogens with one attached hydrogen (secondary N) is 1. The van der Waals surface area contributed by atoms with E-state index in [2.05, 4.69) is 17.2 Å². The molecule has 0 fully saturated rings. The maximum absolute atomic E-state index is 12.2. The van der Waals surface area contributed by atoms with Gasteiger partial charge in [-0.15, -0.1) is 0 Å². The molecule has 0 heterocycles. The quantitative estimate of drug-likeness (QED) is 0.526. The standard InChI is InChI=1S/C20H15NO3/c1-13(22)21-11-5-4-6-14-9-10-17-18(12-14)15-7-2-3-8-16(15)19(23)20(17)24/h2-3,7-10,12H,5,11H2,1H3,(H,21,22). The molecule has 4 nitrogen and oxygen atoms in total. The van der Waals surface area contributed by atoms with E-state index >= 15 is 0 Å². The van der Waals surface area contributed by atoms with Crippen LogP contribution < -0.4 is 5.32 Å². The van der Waals surface area contributed by atoms with Crippen molar-refractivity contribution in [1.29, 1.82) is 0 Å². The highest BCUT2D eigenvalue weighted by molar-refractivity contribution is 6.53. The molecule has 0 saturated carbocycles. The number of fused-ring (bicyclic) bond motifs is 3. The molecular weight excluding hydrogens is 302 g/mol. The van der Waals surface area contributed by atoms with Crippen LogP contribution in [0.1, 0.15) is 39.6 Å². The Balaban J connectivity index is 1.92. The van der Waals surface area contributed by atoms with Crippen molar-refractivity contribution in [3.05, 3.63) is 59.2 Å². The average molecular weight is 317 g/mol. The molecule has 0 atom stereocenters. The molecule has 0 unspecified atom stereocenters. The van der Waals surface area contributed by atoms with Gasteiger partial charge in [0.1, 0.15) is 0 Å². The second kappa shape index (κ2) is 6.51. The van der Waals surface area contributed by atoms with Gasteiger partial charge in [-0.25, -0.2) is 0 Å². The first-order valence-electron chi connectivity index (χ1n) is 7.63. The van der Waals surface area contributed by atoms with Crippen molar-refractivity contribution >= 4 is 17.5 Å². The molecule has 0 saturated heterocycles. The fourth-order valence-corrected chi connectivity index (χ4v) is 2.67. The van der Waals surface area contributed by atoms with Gasteiger partial charge in [0.15, 0.2) is 0 Å². The molecule has 24 heavy (non-hydrogen) atoms. The fraction of sp³-hybridized carbons (Fsp3) is 0.150. The second-order valence-corrected chi connectivity index (χ2v) is 5.50. The van der Waals surface area contributed by atoms with E-state index in [4.69, 9.17) is 0 Å². The van der Waals surface area contributed by atoms with Crippen molar-refractivity contribution < 1.29 is 14.4 Å². The number of hydrogen-bond donors (Lipinski definition) is 1. The molecule has 0 bridgehead atoms. The summed E-state index contributed by atoms with van der Waals surface area (Å²) in [5.41, 5.74) is 3.13. The van der Waals surface area contributed by atoms with Crippen molar-refractivity contribution in [3.8, 4) is 23.0 Å². The van der Waals surface area contributed by atoms with Gasteiger partial charge in [0.2, 0.25) is 17.5 Å². The number of benzene rings is 2. The molecule has 0 radical (unpaired) electrons. The summed E-state index contributed by atoms with van der Waals surface area (Å²) in [5.74, 6) is 5.00. The Bertz CT molecular complexity index is 916. The molecule has 1 aliphatic rings. The Morgan fingerprint density at radius 2 is 1.62 bits per heavy atom. The molecule has 0 spiro atoms. The highest BCUT2D eigenvalue weighted by Gasteiger charge is 2.29. The Morgan fingerprint density at radius 1 is 0.958 bits per heavy atom. The van der Waals surface area contributed by atoms with Gasteiger partial charge in [0, 0.05) is 36.6 Å². The number of amides is 1. The van der Waals surface area contributed by atoms with Crippen LogP contribution in [-0.4, -0.2) is 24.0 Å². The minimum atomic E-state index is -0.478. The van der Waals surface area contributed by atoms with Gasteiger partial charge >= 0.3 is 0 Å². The Morgan fingerprint density at radius 3 is 2.33 bits per heavy atom. The van der Waals surface area contributed by atoms with Crippen LogP contribution in [0.2, 0.25) is 0 Å². The summed E-state index contributed by atoms with van der Waals surface area (Å²) in [4.78, 5) is 35.2. The first kappa shape index (κ1) is 15.7. The topological polar surface area (TPSA) is 63.2 Å². The van der Waals surface area contributed by atoms with Crippen LogP contribution in [0, 0.1) is 11.8 Å². The van der Waals surface area contributed by atoms with Gasteiger partial charge in [-0.3, -0.25) is 14.4 Å². The van der Waals surface area contributed by atoms with E-state index in [9.17, 15) is 14.4 Å². The highest BCUT2D eigenvalue weighted by atomic mass is 16.2. The average Bonchev–Trinajstić information content (AvgIpc) is 2.59. The fourth-order valence-electron chi connectivity index (χ4n) is 2.67. The van der Waals surface area contributed by atoms with Crippen LogP contribution in [0.3, 0.4) is 0 Å². The zero-order chi connectivity index (χ0) is 17.1. The van der Waals surface area contributed by atoms with Gasteiger partial charge < -0.3 is 5.32 Å². The first-order valence-corrected chi connectivity index (χ1v) is 7.63. The van der Waals surface area contributed by atoms with Crippen molar-refractivity contribution in [2.24, 2.45) is 0 Å². The van der Waals surface area contributed by atoms with E-state index in [1.165, 1.54) is 6.92 Å². The number of carbonyl (C=O) groups excluding carboxylic acids is 3. The molecule has 3 rings (SSSR count). The third-order valence-electron chi connectivity index (χ3n) is 3.79. The first-order chi connectivity index (χ1) is 11.6. The number of Topliss-reactive ketones (excluding diaryl/α,β-unsaturated/α-hetero) is 2. The van der Waals surface area contributed by atoms with Gasteiger partial charge in [-0.05, 0) is 29.3 Å². The maximum atomic E-state index is 12.2. The van der Waals surface area contributed by atoms with E-state index in [0.29, 0.717) is 24.1 Å². The maximum Gasteiger partial charge on any atom is 0.234 e. The molecule has 2 aromatic rings. The third kappa shape index (κ3) is 2.97. The van der Waals surface area contributed by atoms with Crippen LogP contribution in [0.5, 0.6) is 0 Å². The van der Waals surface area contributed by atoms with E-state index in [-0.39, 0.29) is 5.91 Å². The molecule has 1 amide bonds. The van der Waals surface area contributed by atoms with E-state index in [1.54, 1.807) is 24.3 Å². The van der Waals surface area contributed by atoms with Gasteiger partial charge in [0.05, 0.1) is 0 Å². The lowest BCUT2D eigenvalue weighted by Crippen LogP contribution is -2.21. The van der Waals surface area contributed by atoms with E-state index < -0.39 is 11.6 Å². The van der Waals surface area contributed by atoms with E-state index in [1.807, 2.05) is 18.2 Å². The Kier molecular flexibility index (Phi) is 4.26. The molecule has 2 aromatic carbocycles. The SMILES string of the molecule is CC(=O)NCCC#Cc1ccc2c(c1)-c1ccccc1C(=O)C2=O. The van der Waals surface area contributed by atoms with Crippen LogP contribution in [-0.2, 0) is 4.79 Å². The Hall–Kier alpha value is -3.19. The smallest absolute Gasteiger partial charge is 0.234 e. The lowest BCUT2D eigenvalue weighted by molar-refractivity contribution is -0.118. The van der Waals surface area contributed by atoms with Crippen molar-refractivity contribution in [2.75, 3.05) is 6.54 Å². The van der Waals surface area contributed by atoms with Gasteiger partial charge in [0.25, 0.3) is 0 Å². The summed E-state index contributed by atoms with van der Waals surface area (Å²) in [6, 6.07) is 12.3. The van der Waals surface area contributed by atoms with Crippen molar-refractivity contribution in [1.82, 2.24) is 5.32 Å². The largest absolute Gasteiger partial charge is 0.355 e. The summed E-state index contributed by atoms with van der Waals surface area (Å²) in [5, 5.41) is 2.68. The second-order valence-electron chi connectivity index (χ2n) is 5.50. The third-order valence-corrected chi connectivity index (χ3v) is 3.79. The molecule has 0 aromatic heterocycles. The summed E-state index contributed by atoms with van der Waals surface area (Å²) < 4.78 is 0. The molecule has 4 heteroatoms. The lowest BCUT2D eigenvalue weighted by Gasteiger charge is -2.17. The zero-order valence-corrected chi connectivity index (χ0v) is 13.2. The van der Waals surface area contributed by atoms with Crippen LogP contribution in [0.15, 0.2) is 42.5 Å². The van der Waals surface area contributed by atoms with Gasteiger partial charge in [-0.2, -0.15) is 0 Å². The summed E-state index contributed by atoms with van der Waals surface area (Å²) >= 11 is 0. The van der Waals surface area contributed by atoms with Gasteiger partial charge in [-0.1, -0.05) is 36.1 Å². The number of ketones is 2. The van der Waals surface area contributed by atoms with E-state index in [0.717, 1.165) is 16.7 Å². The van der Waals surface area contributed by atoms with Crippen LogP contribution in [0.25, 0.3) is 11.1 Å². The van der Waals surface area contributed by atoms with Crippen molar-refractivity contribution in [3.63, 3.8) is 0 Å². The zero-order valence-electron chi connectivity index (χ0n) is 13.2. The van der Waals surface area contributed by atoms with Crippen LogP contribution in [0.4, 0.5) is 0 Å². The minimum absolute atomic E-state index is 0.0784. The molecule has 118 valence electrons. The van der Waals surface area contributed by atoms with Crippen molar-refractivity contribution in [2.45, 2.75) is 13.3 Å². The summed E-state index contributed by atoms with van der Waals surface area (Å²) in [6.07, 6.45) is 0.546. The highest BCUT2D eigenvalue weighted by Crippen LogP contribution is 2.33. The number of hydrogen-bond acceptors (Lipinski definition) is 3.